The predicted molar refractivity (Wildman–Crippen MR) is 69.1 cm³/mol. The Morgan fingerprint density at radius 2 is 2.00 bits per heavy atom. The van der Waals surface area contributed by atoms with Crippen molar-refractivity contribution >= 4 is 28.4 Å². The third-order valence-corrected chi connectivity index (χ3v) is 3.24. The van der Waals surface area contributed by atoms with E-state index in [-0.39, 0.29) is 0 Å². The van der Waals surface area contributed by atoms with E-state index < -0.39 is 0 Å². The quantitative estimate of drug-likeness (QED) is 0.729. The van der Waals surface area contributed by atoms with Gasteiger partial charge >= 0.3 is 0 Å². The van der Waals surface area contributed by atoms with Crippen molar-refractivity contribution in [1.82, 2.24) is 15.1 Å². The zero-order valence-electron chi connectivity index (χ0n) is 8.86. The molecule has 2 rings (SSSR count). The zero-order valence-corrected chi connectivity index (χ0v) is 11.0. The van der Waals surface area contributed by atoms with E-state index in [4.69, 9.17) is 0 Å². The van der Waals surface area contributed by atoms with Crippen molar-refractivity contribution in [3.05, 3.63) is 15.8 Å². The third-order valence-electron chi connectivity index (χ3n) is 2.66. The summed E-state index contributed by atoms with van der Waals surface area (Å²) in [5.74, 6) is 1.01. The lowest BCUT2D eigenvalue weighted by Gasteiger charge is -2.20. The van der Waals surface area contributed by atoms with Crippen molar-refractivity contribution in [2.24, 2.45) is 0 Å². The summed E-state index contributed by atoms with van der Waals surface area (Å²) >= 11 is 2.18. The molecule has 1 fully saturated rings. The number of likely N-dealkylation sites (N-methyl/N-ethyl adjacent to an activating group) is 1. The topological polar surface area (TPSA) is 32.3 Å². The molecule has 1 aliphatic rings. The molecule has 1 saturated heterocycles. The number of rotatable bonds is 1. The van der Waals surface area contributed by atoms with E-state index in [1.165, 1.54) is 13.0 Å². The summed E-state index contributed by atoms with van der Waals surface area (Å²) in [5, 5.41) is 8.30. The number of nitrogens with zero attached hydrogens (tertiary/aromatic N) is 4. The Bertz CT molecular complexity index is 314. The average Bonchev–Trinajstić information content (AvgIpc) is 2.44. The van der Waals surface area contributed by atoms with Crippen LogP contribution in [0.4, 0.5) is 5.82 Å². The Kier molecular flexibility index (Phi) is 3.74. The molecule has 0 bridgehead atoms. The summed E-state index contributed by atoms with van der Waals surface area (Å²) in [6, 6.07) is 4.07. The number of halogens is 1. The molecular weight excluding hydrogens is 303 g/mol. The van der Waals surface area contributed by atoms with Crippen molar-refractivity contribution in [2.45, 2.75) is 6.42 Å². The maximum atomic E-state index is 4.22. The van der Waals surface area contributed by atoms with E-state index in [2.05, 4.69) is 55.7 Å². The zero-order chi connectivity index (χ0) is 10.7. The SMILES string of the molecule is CN1CCCN(c2ccc(I)nn2)CC1. The summed E-state index contributed by atoms with van der Waals surface area (Å²) in [6.07, 6.45) is 1.20. The van der Waals surface area contributed by atoms with E-state index >= 15 is 0 Å². The smallest absolute Gasteiger partial charge is 0.151 e. The van der Waals surface area contributed by atoms with Gasteiger partial charge in [-0.2, -0.15) is 0 Å². The van der Waals surface area contributed by atoms with E-state index in [0.717, 1.165) is 29.2 Å². The summed E-state index contributed by atoms with van der Waals surface area (Å²) in [6.45, 7) is 4.41. The van der Waals surface area contributed by atoms with Crippen LogP contribution in [0.3, 0.4) is 0 Å². The molecule has 0 spiro atoms. The van der Waals surface area contributed by atoms with Gasteiger partial charge in [0.2, 0.25) is 0 Å². The maximum absolute atomic E-state index is 4.22. The molecule has 0 aliphatic carbocycles. The molecule has 0 saturated carbocycles. The fourth-order valence-corrected chi connectivity index (χ4v) is 2.04. The Labute approximate surface area is 104 Å². The van der Waals surface area contributed by atoms with Crippen molar-refractivity contribution < 1.29 is 0 Å². The second-order valence-corrected chi connectivity index (χ2v) is 4.96. The lowest BCUT2D eigenvalue weighted by molar-refractivity contribution is 0.360. The van der Waals surface area contributed by atoms with Crippen molar-refractivity contribution in [3.63, 3.8) is 0 Å². The number of aromatic nitrogens is 2. The van der Waals surface area contributed by atoms with E-state index in [9.17, 15) is 0 Å². The molecule has 0 atom stereocenters. The van der Waals surface area contributed by atoms with Crippen molar-refractivity contribution in [3.8, 4) is 0 Å². The molecule has 1 aliphatic heterocycles. The van der Waals surface area contributed by atoms with Crippen LogP contribution in [0.2, 0.25) is 0 Å². The van der Waals surface area contributed by atoms with Gasteiger partial charge in [-0.25, -0.2) is 0 Å². The molecule has 5 heteroatoms. The Balaban J connectivity index is 2.06. The van der Waals surface area contributed by atoms with Crippen LogP contribution in [-0.4, -0.2) is 48.3 Å². The van der Waals surface area contributed by atoms with Crippen LogP contribution >= 0.6 is 22.6 Å². The summed E-state index contributed by atoms with van der Waals surface area (Å²) in [5.41, 5.74) is 0. The van der Waals surface area contributed by atoms with Crippen LogP contribution in [0.15, 0.2) is 12.1 Å². The highest BCUT2D eigenvalue weighted by Crippen LogP contribution is 2.12. The van der Waals surface area contributed by atoms with Gasteiger partial charge in [-0.1, -0.05) is 0 Å². The van der Waals surface area contributed by atoms with Crippen LogP contribution in [0.1, 0.15) is 6.42 Å². The summed E-state index contributed by atoms with van der Waals surface area (Å²) < 4.78 is 0.947. The minimum atomic E-state index is 0.947. The minimum Gasteiger partial charge on any atom is -0.354 e. The molecule has 0 amide bonds. The first-order valence-corrected chi connectivity index (χ1v) is 6.26. The molecule has 82 valence electrons. The molecule has 4 nitrogen and oxygen atoms in total. The highest BCUT2D eigenvalue weighted by molar-refractivity contribution is 14.1. The normalized spacial score (nSPS) is 18.9. The van der Waals surface area contributed by atoms with E-state index in [0.29, 0.717) is 0 Å². The molecule has 2 heterocycles. The van der Waals surface area contributed by atoms with Crippen molar-refractivity contribution in [2.75, 3.05) is 38.1 Å². The summed E-state index contributed by atoms with van der Waals surface area (Å²) in [4.78, 5) is 4.67. The molecular formula is C10H15IN4. The van der Waals surface area contributed by atoms with Gasteiger partial charge in [-0.15, -0.1) is 10.2 Å². The number of anilines is 1. The van der Waals surface area contributed by atoms with E-state index in [1.807, 2.05) is 6.07 Å². The highest BCUT2D eigenvalue weighted by atomic mass is 127. The molecule has 0 unspecified atom stereocenters. The lowest BCUT2D eigenvalue weighted by atomic mass is 10.4. The first-order valence-electron chi connectivity index (χ1n) is 5.18. The van der Waals surface area contributed by atoms with Crippen LogP contribution in [0.25, 0.3) is 0 Å². The van der Waals surface area contributed by atoms with Gasteiger partial charge in [0, 0.05) is 19.6 Å². The molecule has 1 aromatic rings. The molecule has 0 aromatic carbocycles. The van der Waals surface area contributed by atoms with Gasteiger partial charge in [0.05, 0.1) is 0 Å². The van der Waals surface area contributed by atoms with Gasteiger partial charge < -0.3 is 9.80 Å². The monoisotopic (exact) mass is 318 g/mol. The van der Waals surface area contributed by atoms with Crippen LogP contribution in [0.5, 0.6) is 0 Å². The fraction of sp³-hybridized carbons (Fsp3) is 0.600. The van der Waals surface area contributed by atoms with Crippen LogP contribution in [-0.2, 0) is 0 Å². The van der Waals surface area contributed by atoms with Gasteiger partial charge in [-0.05, 0) is 54.7 Å². The first-order chi connectivity index (χ1) is 7.25. The Hall–Kier alpha value is -0.430. The van der Waals surface area contributed by atoms with Crippen molar-refractivity contribution in [1.29, 1.82) is 0 Å². The van der Waals surface area contributed by atoms with Gasteiger partial charge in [0.15, 0.2) is 5.82 Å². The minimum absolute atomic E-state index is 0.947. The molecule has 1 aromatic heterocycles. The van der Waals surface area contributed by atoms with Crippen LogP contribution < -0.4 is 4.90 Å². The Morgan fingerprint density at radius 1 is 1.13 bits per heavy atom. The standard InChI is InChI=1S/C10H15IN4/c1-14-5-2-6-15(8-7-14)10-4-3-9(11)12-13-10/h3-4H,2,5-8H2,1H3. The Morgan fingerprint density at radius 3 is 2.73 bits per heavy atom. The van der Waals surface area contributed by atoms with Gasteiger partial charge in [0.1, 0.15) is 3.70 Å². The average molecular weight is 318 g/mol. The van der Waals surface area contributed by atoms with Crippen LogP contribution in [0, 0.1) is 3.70 Å². The largest absolute Gasteiger partial charge is 0.354 e. The van der Waals surface area contributed by atoms with E-state index in [1.54, 1.807) is 0 Å². The summed E-state index contributed by atoms with van der Waals surface area (Å²) in [7, 11) is 2.17. The second kappa shape index (κ2) is 5.07. The molecule has 0 radical (unpaired) electrons. The van der Waals surface area contributed by atoms with Gasteiger partial charge in [0.25, 0.3) is 0 Å². The fourth-order valence-electron chi connectivity index (χ4n) is 1.75. The number of hydrogen-bond donors (Lipinski definition) is 0. The highest BCUT2D eigenvalue weighted by Gasteiger charge is 2.13. The predicted octanol–water partition coefficient (Wildman–Crippen LogP) is 1.22. The first kappa shape index (κ1) is 11.1. The van der Waals surface area contributed by atoms with Gasteiger partial charge in [-0.3, -0.25) is 0 Å². The molecule has 15 heavy (non-hydrogen) atoms. The second-order valence-electron chi connectivity index (χ2n) is 3.86. The third kappa shape index (κ3) is 3.01. The number of hydrogen-bond acceptors (Lipinski definition) is 4. The maximum Gasteiger partial charge on any atom is 0.151 e. The molecule has 0 N–H and O–H groups in total. The lowest BCUT2D eigenvalue weighted by Crippen LogP contribution is -2.29.